The topological polar surface area (TPSA) is 75.4 Å². The predicted octanol–water partition coefficient (Wildman–Crippen LogP) is 2.65. The highest BCUT2D eigenvalue weighted by atomic mass is 32.2. The van der Waals surface area contributed by atoms with Crippen LogP contribution in [0.1, 0.15) is 41.0 Å². The van der Waals surface area contributed by atoms with E-state index in [4.69, 9.17) is 0 Å². The quantitative estimate of drug-likeness (QED) is 0.681. The van der Waals surface area contributed by atoms with Gasteiger partial charge in [0.1, 0.15) is 0 Å². The first-order valence-corrected chi connectivity index (χ1v) is 10.9. The molecule has 0 aliphatic rings. The maximum Gasteiger partial charge on any atom is 0.268 e. The Morgan fingerprint density at radius 2 is 1.82 bits per heavy atom. The molecule has 0 aliphatic heterocycles. The van der Waals surface area contributed by atoms with Crippen molar-refractivity contribution in [3.63, 3.8) is 0 Å². The van der Waals surface area contributed by atoms with Crippen molar-refractivity contribution >= 4 is 27.5 Å². The SMILES string of the molecule is CC[C@@H](O)Cn1ccc(S(=O)(=O)N(PC(C)C)PC(C)C)n1. The Morgan fingerprint density at radius 3 is 2.27 bits per heavy atom. The fourth-order valence-corrected chi connectivity index (χ4v) is 8.02. The van der Waals surface area contributed by atoms with Crippen LogP contribution in [0.25, 0.3) is 0 Å². The molecule has 22 heavy (non-hydrogen) atoms. The number of aliphatic hydroxyl groups excluding tert-OH is 1. The summed E-state index contributed by atoms with van der Waals surface area (Å²) in [6, 6.07) is 1.51. The van der Waals surface area contributed by atoms with E-state index in [0.717, 1.165) is 0 Å². The normalized spacial score (nSPS) is 15.3. The fraction of sp³-hybridized carbons (Fsp3) is 0.769. The monoisotopic (exact) mass is 367 g/mol. The lowest BCUT2D eigenvalue weighted by molar-refractivity contribution is 0.144. The number of rotatable bonds is 9. The van der Waals surface area contributed by atoms with Gasteiger partial charge in [0.2, 0.25) is 0 Å². The van der Waals surface area contributed by atoms with E-state index in [9.17, 15) is 13.5 Å². The molecule has 1 aromatic heterocycles. The lowest BCUT2D eigenvalue weighted by Gasteiger charge is -2.24. The molecule has 0 amide bonds. The Kier molecular flexibility index (Phi) is 7.90. The number of nitrogens with zero attached hydrogens (tertiary/aromatic N) is 3. The van der Waals surface area contributed by atoms with Crippen LogP contribution >= 0.6 is 17.5 Å². The van der Waals surface area contributed by atoms with Crippen molar-refractivity contribution in [3.8, 4) is 0 Å². The standard InChI is InChI=1S/C13H27N3O3P2S/c1-6-12(17)9-15-8-7-13(14-15)22(18,19)16(20-10(2)3)21-11(4)5/h7-8,10-12,17,20-21H,6,9H2,1-5H3/t12-/m1/s1. The smallest absolute Gasteiger partial charge is 0.268 e. The average Bonchev–Trinajstić information content (AvgIpc) is 2.85. The maximum atomic E-state index is 12.8. The second kappa shape index (κ2) is 8.70. The molecule has 9 heteroatoms. The maximum absolute atomic E-state index is 12.8. The molecule has 2 unspecified atom stereocenters. The van der Waals surface area contributed by atoms with Crippen LogP contribution in [-0.2, 0) is 16.6 Å². The first-order chi connectivity index (χ1) is 10.2. The highest BCUT2D eigenvalue weighted by Crippen LogP contribution is 2.43. The molecule has 128 valence electrons. The molecule has 6 nitrogen and oxygen atoms in total. The van der Waals surface area contributed by atoms with E-state index in [0.29, 0.717) is 13.0 Å². The molecule has 1 heterocycles. The third-order valence-corrected chi connectivity index (χ3v) is 8.32. The molecule has 0 fully saturated rings. The van der Waals surface area contributed by atoms with Crippen molar-refractivity contribution in [3.05, 3.63) is 12.3 Å². The summed E-state index contributed by atoms with van der Waals surface area (Å²) in [4.78, 5) is 0. The largest absolute Gasteiger partial charge is 0.391 e. The second-order valence-electron chi connectivity index (χ2n) is 5.78. The van der Waals surface area contributed by atoms with E-state index < -0.39 is 16.1 Å². The third-order valence-electron chi connectivity index (χ3n) is 2.74. The van der Waals surface area contributed by atoms with Crippen LogP contribution in [-0.4, -0.2) is 44.6 Å². The van der Waals surface area contributed by atoms with Crippen molar-refractivity contribution < 1.29 is 13.5 Å². The van der Waals surface area contributed by atoms with Gasteiger partial charge in [-0.05, 0) is 41.3 Å². The molecule has 0 bridgehead atoms. The molecule has 0 spiro atoms. The minimum absolute atomic E-state index is 0.0668. The molecule has 0 aliphatic carbocycles. The van der Waals surface area contributed by atoms with Crippen molar-refractivity contribution in [2.24, 2.45) is 0 Å². The minimum Gasteiger partial charge on any atom is -0.391 e. The zero-order chi connectivity index (χ0) is 16.9. The summed E-state index contributed by atoms with van der Waals surface area (Å²) in [5, 5.41) is 13.9. The number of hydrogen-bond donors (Lipinski definition) is 1. The minimum atomic E-state index is -3.57. The lowest BCUT2D eigenvalue weighted by Crippen LogP contribution is -2.21. The van der Waals surface area contributed by atoms with E-state index >= 15 is 0 Å². The van der Waals surface area contributed by atoms with Gasteiger partial charge in [-0.15, -0.1) is 0 Å². The summed E-state index contributed by atoms with van der Waals surface area (Å²) in [6.07, 6.45) is 1.71. The molecule has 1 rings (SSSR count). The van der Waals surface area contributed by atoms with Crippen LogP contribution in [0.15, 0.2) is 17.3 Å². The van der Waals surface area contributed by atoms with E-state index in [1.54, 1.807) is 10.0 Å². The van der Waals surface area contributed by atoms with E-state index in [1.165, 1.54) is 10.7 Å². The molecule has 0 aromatic carbocycles. The Hall–Kier alpha value is -0.0600. The number of hydrogen-bond acceptors (Lipinski definition) is 4. The zero-order valence-corrected chi connectivity index (χ0v) is 16.6. The van der Waals surface area contributed by atoms with E-state index in [-0.39, 0.29) is 33.8 Å². The van der Waals surface area contributed by atoms with Gasteiger partial charge in [-0.1, -0.05) is 34.6 Å². The predicted molar refractivity (Wildman–Crippen MR) is 94.5 cm³/mol. The van der Waals surface area contributed by atoms with Crippen LogP contribution in [0.3, 0.4) is 0 Å². The van der Waals surface area contributed by atoms with Crippen LogP contribution in [0.2, 0.25) is 0 Å². The third kappa shape index (κ3) is 5.86. The van der Waals surface area contributed by atoms with Crippen molar-refractivity contribution in [2.75, 3.05) is 0 Å². The number of aromatic nitrogens is 2. The van der Waals surface area contributed by atoms with Crippen LogP contribution in [0, 0.1) is 0 Å². The molecule has 1 N–H and O–H groups in total. The van der Waals surface area contributed by atoms with Crippen molar-refractivity contribution in [2.45, 2.75) is 70.0 Å². The van der Waals surface area contributed by atoms with Gasteiger partial charge < -0.3 is 5.11 Å². The molecule has 0 radical (unpaired) electrons. The Labute approximate surface area is 137 Å². The summed E-state index contributed by atoms with van der Waals surface area (Å²) >= 11 is 0. The Morgan fingerprint density at radius 1 is 1.27 bits per heavy atom. The van der Waals surface area contributed by atoms with Gasteiger partial charge in [0, 0.05) is 6.20 Å². The summed E-state index contributed by atoms with van der Waals surface area (Å²) < 4.78 is 28.6. The van der Waals surface area contributed by atoms with Gasteiger partial charge in [0.05, 0.1) is 12.6 Å². The van der Waals surface area contributed by atoms with Gasteiger partial charge in [0.25, 0.3) is 10.0 Å². The first kappa shape index (κ1) is 20.0. The van der Waals surface area contributed by atoms with E-state index in [2.05, 4.69) is 5.10 Å². The first-order valence-electron chi connectivity index (χ1n) is 7.46. The zero-order valence-electron chi connectivity index (χ0n) is 13.8. The van der Waals surface area contributed by atoms with E-state index in [1.807, 2.05) is 34.6 Å². The lowest BCUT2D eigenvalue weighted by atomic mass is 10.3. The molecule has 0 saturated carbocycles. The summed E-state index contributed by atoms with van der Waals surface area (Å²) in [6.45, 7) is 10.2. The van der Waals surface area contributed by atoms with Crippen LogP contribution in [0.4, 0.5) is 0 Å². The summed E-state index contributed by atoms with van der Waals surface area (Å²) in [5.74, 6) is 0. The molecule has 0 saturated heterocycles. The average molecular weight is 367 g/mol. The fourth-order valence-electron chi connectivity index (χ4n) is 1.67. The van der Waals surface area contributed by atoms with Crippen LogP contribution in [0.5, 0.6) is 0 Å². The van der Waals surface area contributed by atoms with Crippen molar-refractivity contribution in [1.82, 2.24) is 13.6 Å². The summed E-state index contributed by atoms with van der Waals surface area (Å²) in [7, 11) is -3.14. The van der Waals surface area contributed by atoms with Gasteiger partial charge >= 0.3 is 0 Å². The summed E-state index contributed by atoms with van der Waals surface area (Å²) in [5.41, 5.74) is 0.565. The van der Waals surface area contributed by atoms with Crippen LogP contribution < -0.4 is 0 Å². The molecular weight excluding hydrogens is 340 g/mol. The van der Waals surface area contributed by atoms with Gasteiger partial charge in [-0.2, -0.15) is 8.94 Å². The molecular formula is C13H27N3O3P2S. The van der Waals surface area contributed by atoms with Crippen molar-refractivity contribution in [1.29, 1.82) is 0 Å². The van der Waals surface area contributed by atoms with Gasteiger partial charge in [-0.3, -0.25) is 4.68 Å². The number of aliphatic hydroxyl groups is 1. The molecule has 1 aromatic rings. The molecule has 3 atom stereocenters. The number of sulfonamides is 1. The Balaban J connectivity index is 2.99. The second-order valence-corrected chi connectivity index (χ2v) is 12.3. The highest BCUT2D eigenvalue weighted by Gasteiger charge is 2.28. The van der Waals surface area contributed by atoms with Gasteiger partial charge in [0.15, 0.2) is 5.03 Å². The highest BCUT2D eigenvalue weighted by molar-refractivity contribution is 7.97. The van der Waals surface area contributed by atoms with Gasteiger partial charge in [-0.25, -0.2) is 8.42 Å². The Bertz CT molecular complexity index is 551.